The average molecular weight is 183 g/mol. The summed E-state index contributed by atoms with van der Waals surface area (Å²) in [5, 5.41) is 2.78. The fraction of sp³-hybridized carbons (Fsp3) is 0.909. The maximum absolute atomic E-state index is 11.6. The van der Waals surface area contributed by atoms with Crippen LogP contribution >= 0.6 is 0 Å². The minimum Gasteiger partial charge on any atom is -0.359 e. The highest BCUT2D eigenvalue weighted by Gasteiger charge is 2.39. The quantitative estimate of drug-likeness (QED) is 0.697. The zero-order valence-electron chi connectivity index (χ0n) is 9.13. The molecule has 1 saturated carbocycles. The molecule has 0 unspecified atom stereocenters. The van der Waals surface area contributed by atoms with Gasteiger partial charge in [-0.25, -0.2) is 0 Å². The molecule has 0 aromatic carbocycles. The third-order valence-electron chi connectivity index (χ3n) is 3.44. The van der Waals surface area contributed by atoms with Gasteiger partial charge in [-0.3, -0.25) is 4.79 Å². The van der Waals surface area contributed by atoms with Gasteiger partial charge in [-0.15, -0.1) is 0 Å². The Morgan fingerprint density at radius 3 is 2.46 bits per heavy atom. The van der Waals surface area contributed by atoms with E-state index in [1.807, 2.05) is 0 Å². The second-order valence-electron chi connectivity index (χ2n) is 4.60. The van der Waals surface area contributed by atoms with Crippen molar-refractivity contribution < 1.29 is 4.79 Å². The summed E-state index contributed by atoms with van der Waals surface area (Å²) >= 11 is 0. The van der Waals surface area contributed by atoms with Crippen LogP contribution in [0, 0.1) is 23.7 Å². The highest BCUT2D eigenvalue weighted by atomic mass is 16.1. The van der Waals surface area contributed by atoms with Crippen LogP contribution < -0.4 is 5.32 Å². The maximum Gasteiger partial charge on any atom is 0.223 e. The average Bonchev–Trinajstić information content (AvgIpc) is 2.46. The van der Waals surface area contributed by atoms with Crippen LogP contribution in [-0.4, -0.2) is 13.0 Å². The first-order valence-corrected chi connectivity index (χ1v) is 5.29. The fourth-order valence-electron chi connectivity index (χ4n) is 2.60. The molecule has 3 atom stereocenters. The van der Waals surface area contributed by atoms with Crippen LogP contribution in [0.4, 0.5) is 0 Å². The van der Waals surface area contributed by atoms with Crippen molar-refractivity contribution in [3.05, 3.63) is 0 Å². The van der Waals surface area contributed by atoms with Crippen molar-refractivity contribution in [3.8, 4) is 0 Å². The summed E-state index contributed by atoms with van der Waals surface area (Å²) in [5.41, 5.74) is 0. The summed E-state index contributed by atoms with van der Waals surface area (Å²) in [7, 11) is 1.74. The van der Waals surface area contributed by atoms with Crippen molar-refractivity contribution in [1.29, 1.82) is 0 Å². The molecule has 76 valence electrons. The Bertz CT molecular complexity index is 189. The zero-order chi connectivity index (χ0) is 10.0. The number of rotatable bonds is 2. The molecule has 1 amide bonds. The molecular formula is C11H21NO. The van der Waals surface area contributed by atoms with E-state index in [9.17, 15) is 4.79 Å². The minimum atomic E-state index is 0.240. The predicted octanol–water partition coefficient (Wildman–Crippen LogP) is 2.05. The van der Waals surface area contributed by atoms with E-state index in [4.69, 9.17) is 0 Å². The summed E-state index contributed by atoms with van der Waals surface area (Å²) in [4.78, 5) is 11.6. The minimum absolute atomic E-state index is 0.240. The van der Waals surface area contributed by atoms with Crippen LogP contribution in [0.5, 0.6) is 0 Å². The summed E-state index contributed by atoms with van der Waals surface area (Å²) in [6.45, 7) is 6.64. The first-order chi connectivity index (χ1) is 6.07. The van der Waals surface area contributed by atoms with Crippen LogP contribution in [0.25, 0.3) is 0 Å². The third kappa shape index (κ3) is 2.04. The van der Waals surface area contributed by atoms with Crippen LogP contribution in [0.1, 0.15) is 33.6 Å². The van der Waals surface area contributed by atoms with Gasteiger partial charge >= 0.3 is 0 Å². The van der Waals surface area contributed by atoms with Crippen LogP contribution in [-0.2, 0) is 4.79 Å². The normalized spacial score (nSPS) is 33.8. The molecule has 1 aliphatic rings. The van der Waals surface area contributed by atoms with Crippen molar-refractivity contribution in [2.24, 2.45) is 23.7 Å². The lowest BCUT2D eigenvalue weighted by Gasteiger charge is -2.24. The lowest BCUT2D eigenvalue weighted by Crippen LogP contribution is -2.34. The molecule has 0 aromatic rings. The molecule has 2 heteroatoms. The van der Waals surface area contributed by atoms with Crippen LogP contribution in [0.3, 0.4) is 0 Å². The van der Waals surface area contributed by atoms with Gasteiger partial charge < -0.3 is 5.32 Å². The fourth-order valence-corrected chi connectivity index (χ4v) is 2.60. The van der Waals surface area contributed by atoms with Gasteiger partial charge in [0.05, 0.1) is 0 Å². The first kappa shape index (κ1) is 10.6. The molecule has 1 rings (SSSR count). The molecule has 0 spiro atoms. The Morgan fingerprint density at radius 1 is 1.38 bits per heavy atom. The van der Waals surface area contributed by atoms with Crippen molar-refractivity contribution in [2.75, 3.05) is 7.05 Å². The molecule has 1 aliphatic carbocycles. The summed E-state index contributed by atoms with van der Waals surface area (Å²) in [6.07, 6.45) is 2.43. The second-order valence-corrected chi connectivity index (χ2v) is 4.60. The standard InChI is InChI=1S/C11H21NO/c1-7(2)9-6-5-8(3)10(9)11(13)12-4/h7-10H,5-6H2,1-4H3,(H,12,13)/t8-,9+,10-/m0/s1. The zero-order valence-corrected chi connectivity index (χ0v) is 9.13. The molecule has 0 radical (unpaired) electrons. The van der Waals surface area contributed by atoms with Crippen LogP contribution in [0.15, 0.2) is 0 Å². The van der Waals surface area contributed by atoms with E-state index in [-0.39, 0.29) is 11.8 Å². The van der Waals surface area contributed by atoms with Gasteiger partial charge in [0, 0.05) is 13.0 Å². The molecule has 0 saturated heterocycles. The van der Waals surface area contributed by atoms with Gasteiger partial charge in [-0.05, 0) is 30.6 Å². The Hall–Kier alpha value is -0.530. The van der Waals surface area contributed by atoms with Crippen LogP contribution in [0.2, 0.25) is 0 Å². The summed E-state index contributed by atoms with van der Waals surface area (Å²) in [5.74, 6) is 2.28. The lowest BCUT2D eigenvalue weighted by molar-refractivity contribution is -0.127. The number of amides is 1. The molecule has 0 aromatic heterocycles. The molecule has 0 heterocycles. The number of hydrogen-bond acceptors (Lipinski definition) is 1. The first-order valence-electron chi connectivity index (χ1n) is 5.29. The Labute approximate surface area is 81.1 Å². The molecule has 2 nitrogen and oxygen atoms in total. The van der Waals surface area contributed by atoms with E-state index in [0.29, 0.717) is 17.8 Å². The van der Waals surface area contributed by atoms with Gasteiger partial charge in [0.15, 0.2) is 0 Å². The highest BCUT2D eigenvalue weighted by Crippen LogP contribution is 2.40. The van der Waals surface area contributed by atoms with Crippen molar-refractivity contribution in [1.82, 2.24) is 5.32 Å². The lowest BCUT2D eigenvalue weighted by atomic mass is 9.82. The SMILES string of the molecule is CNC(=O)[C@@H]1[C@@H](C(C)C)CC[C@@H]1C. The molecule has 1 N–H and O–H groups in total. The van der Waals surface area contributed by atoms with Crippen molar-refractivity contribution in [3.63, 3.8) is 0 Å². The van der Waals surface area contributed by atoms with Gasteiger partial charge in [0.2, 0.25) is 5.91 Å². The molecule has 1 fully saturated rings. The van der Waals surface area contributed by atoms with Gasteiger partial charge in [-0.1, -0.05) is 20.8 Å². The van der Waals surface area contributed by atoms with Gasteiger partial charge in [0.1, 0.15) is 0 Å². The second kappa shape index (κ2) is 4.12. The Kier molecular flexibility index (Phi) is 3.34. The smallest absolute Gasteiger partial charge is 0.223 e. The summed E-state index contributed by atoms with van der Waals surface area (Å²) in [6, 6.07) is 0. The van der Waals surface area contributed by atoms with Crippen molar-refractivity contribution >= 4 is 5.91 Å². The number of hydrogen-bond donors (Lipinski definition) is 1. The van der Waals surface area contributed by atoms with Gasteiger partial charge in [0.25, 0.3) is 0 Å². The Balaban J connectivity index is 2.71. The number of carbonyl (C=O) groups excluding carboxylic acids is 1. The third-order valence-corrected chi connectivity index (χ3v) is 3.44. The van der Waals surface area contributed by atoms with E-state index in [1.54, 1.807) is 7.05 Å². The monoisotopic (exact) mass is 183 g/mol. The molecule has 0 bridgehead atoms. The number of carbonyl (C=O) groups is 1. The van der Waals surface area contributed by atoms with E-state index < -0.39 is 0 Å². The number of nitrogens with one attached hydrogen (secondary N) is 1. The molecule has 13 heavy (non-hydrogen) atoms. The molecular weight excluding hydrogens is 162 g/mol. The van der Waals surface area contributed by atoms with Gasteiger partial charge in [-0.2, -0.15) is 0 Å². The van der Waals surface area contributed by atoms with Crippen molar-refractivity contribution in [2.45, 2.75) is 33.6 Å². The topological polar surface area (TPSA) is 29.1 Å². The molecule has 0 aliphatic heterocycles. The van der Waals surface area contributed by atoms with E-state index in [2.05, 4.69) is 26.1 Å². The maximum atomic E-state index is 11.6. The van der Waals surface area contributed by atoms with E-state index in [1.165, 1.54) is 12.8 Å². The highest BCUT2D eigenvalue weighted by molar-refractivity contribution is 5.79. The predicted molar refractivity (Wildman–Crippen MR) is 54.3 cm³/mol. The van der Waals surface area contributed by atoms with E-state index in [0.717, 1.165) is 0 Å². The largest absolute Gasteiger partial charge is 0.359 e. The Morgan fingerprint density at radius 2 is 2.00 bits per heavy atom. The summed E-state index contributed by atoms with van der Waals surface area (Å²) < 4.78 is 0. The van der Waals surface area contributed by atoms with E-state index >= 15 is 0 Å².